The Balaban J connectivity index is 3.04. The van der Waals surface area contributed by atoms with E-state index < -0.39 is 30.9 Å². The van der Waals surface area contributed by atoms with Gasteiger partial charge in [-0.3, -0.25) is 14.4 Å². The Hall–Kier alpha value is -1.89. The normalized spacial score (nSPS) is 10.0. The zero-order valence-electron chi connectivity index (χ0n) is 10.2. The molecular formula is C12H13BrN2O4. The third kappa shape index (κ3) is 4.36. The summed E-state index contributed by atoms with van der Waals surface area (Å²) in [5, 5.41) is 8.75. The zero-order valence-corrected chi connectivity index (χ0v) is 11.8. The van der Waals surface area contributed by atoms with E-state index in [0.29, 0.717) is 11.1 Å². The molecule has 0 atom stereocenters. The molecular weight excluding hydrogens is 316 g/mol. The van der Waals surface area contributed by atoms with Gasteiger partial charge < -0.3 is 15.7 Å². The molecule has 7 heteroatoms. The number of carbonyl (C=O) groups is 3. The molecule has 102 valence electrons. The number of carboxylic acids is 1. The van der Waals surface area contributed by atoms with E-state index in [4.69, 9.17) is 10.8 Å². The molecule has 1 rings (SSSR count). The number of hydrogen-bond donors (Lipinski definition) is 2. The second-order valence-corrected chi connectivity index (χ2v) is 4.90. The van der Waals surface area contributed by atoms with Crippen LogP contribution in [0.5, 0.6) is 0 Å². The first-order valence-electron chi connectivity index (χ1n) is 5.36. The van der Waals surface area contributed by atoms with Gasteiger partial charge in [-0.2, -0.15) is 0 Å². The van der Waals surface area contributed by atoms with Crippen molar-refractivity contribution in [1.82, 2.24) is 4.90 Å². The van der Waals surface area contributed by atoms with Crippen molar-refractivity contribution >= 4 is 33.7 Å². The molecule has 0 fully saturated rings. The molecule has 0 bridgehead atoms. The van der Waals surface area contributed by atoms with Crippen LogP contribution in [0.3, 0.4) is 0 Å². The van der Waals surface area contributed by atoms with E-state index in [0.717, 1.165) is 9.37 Å². The number of nitrogens with two attached hydrogens (primary N) is 1. The van der Waals surface area contributed by atoms with Crippen molar-refractivity contribution in [2.24, 2.45) is 5.73 Å². The van der Waals surface area contributed by atoms with E-state index >= 15 is 0 Å². The number of primary amides is 1. The molecule has 1 aromatic rings. The summed E-state index contributed by atoms with van der Waals surface area (Å²) in [4.78, 5) is 34.7. The van der Waals surface area contributed by atoms with Crippen LogP contribution in [0.25, 0.3) is 0 Å². The molecule has 2 amide bonds. The lowest BCUT2D eigenvalue weighted by molar-refractivity contribution is -0.138. The van der Waals surface area contributed by atoms with Gasteiger partial charge >= 0.3 is 5.97 Å². The van der Waals surface area contributed by atoms with Gasteiger partial charge in [0.25, 0.3) is 5.91 Å². The highest BCUT2D eigenvalue weighted by Crippen LogP contribution is 2.17. The summed E-state index contributed by atoms with van der Waals surface area (Å²) in [5.74, 6) is -2.50. The number of carbonyl (C=O) groups excluding carboxylic acids is 2. The summed E-state index contributed by atoms with van der Waals surface area (Å²) in [7, 11) is 0. The lowest BCUT2D eigenvalue weighted by atomic mass is 10.1. The Kier molecular flexibility index (Phi) is 5.05. The third-order valence-electron chi connectivity index (χ3n) is 2.38. The minimum absolute atomic E-state index is 0.339. The van der Waals surface area contributed by atoms with E-state index in [9.17, 15) is 14.4 Å². The van der Waals surface area contributed by atoms with Crippen LogP contribution in [0, 0.1) is 6.92 Å². The largest absolute Gasteiger partial charge is 0.480 e. The zero-order chi connectivity index (χ0) is 14.6. The quantitative estimate of drug-likeness (QED) is 0.833. The molecule has 0 heterocycles. The van der Waals surface area contributed by atoms with Crippen LogP contribution < -0.4 is 5.73 Å². The van der Waals surface area contributed by atoms with Crippen molar-refractivity contribution in [3.05, 3.63) is 33.8 Å². The standard InChI is InChI=1S/C12H13BrN2O4/c1-7-4-8(13)2-3-9(7)12(19)15(5-10(14)16)6-11(17)18/h2-4H,5-6H2,1H3,(H2,14,16)(H,17,18). The Morgan fingerprint density at radius 2 is 1.95 bits per heavy atom. The fourth-order valence-corrected chi connectivity index (χ4v) is 2.06. The Bertz CT molecular complexity index is 514. The Labute approximate surface area is 118 Å². The summed E-state index contributed by atoms with van der Waals surface area (Å²) in [5.41, 5.74) is 6.03. The molecule has 1 aromatic carbocycles. The lowest BCUT2D eigenvalue weighted by Crippen LogP contribution is -2.41. The van der Waals surface area contributed by atoms with Gasteiger partial charge in [0.05, 0.1) is 0 Å². The predicted octanol–water partition coefficient (Wildman–Crippen LogP) is 0.770. The molecule has 19 heavy (non-hydrogen) atoms. The molecule has 3 N–H and O–H groups in total. The third-order valence-corrected chi connectivity index (χ3v) is 2.87. The van der Waals surface area contributed by atoms with E-state index in [1.165, 1.54) is 0 Å². The number of carboxylic acid groups (broad SMARTS) is 1. The highest BCUT2D eigenvalue weighted by molar-refractivity contribution is 9.10. The molecule has 0 aromatic heterocycles. The van der Waals surface area contributed by atoms with Gasteiger partial charge in [0.1, 0.15) is 13.1 Å². The van der Waals surface area contributed by atoms with Gasteiger partial charge in [0.15, 0.2) is 0 Å². The van der Waals surface area contributed by atoms with Crippen molar-refractivity contribution in [1.29, 1.82) is 0 Å². The maximum absolute atomic E-state index is 12.2. The van der Waals surface area contributed by atoms with Gasteiger partial charge in [-0.1, -0.05) is 15.9 Å². The topological polar surface area (TPSA) is 101 Å². The number of aryl methyl sites for hydroxylation is 1. The van der Waals surface area contributed by atoms with Gasteiger partial charge in [-0.25, -0.2) is 0 Å². The molecule has 0 spiro atoms. The van der Waals surface area contributed by atoms with Crippen LogP contribution in [-0.4, -0.2) is 40.9 Å². The van der Waals surface area contributed by atoms with E-state index in [1.807, 2.05) is 0 Å². The number of aliphatic carboxylic acids is 1. The van der Waals surface area contributed by atoms with Crippen LogP contribution in [0.2, 0.25) is 0 Å². The highest BCUT2D eigenvalue weighted by atomic mass is 79.9. The summed E-state index contributed by atoms with van der Waals surface area (Å²) < 4.78 is 0.807. The van der Waals surface area contributed by atoms with Gasteiger partial charge in [0.2, 0.25) is 5.91 Å². The molecule has 6 nitrogen and oxygen atoms in total. The molecule has 0 unspecified atom stereocenters. The second-order valence-electron chi connectivity index (χ2n) is 3.98. The van der Waals surface area contributed by atoms with Crippen molar-refractivity contribution in [3.8, 4) is 0 Å². The van der Waals surface area contributed by atoms with Crippen LogP contribution in [-0.2, 0) is 9.59 Å². The average Bonchev–Trinajstić information content (AvgIpc) is 2.26. The predicted molar refractivity (Wildman–Crippen MR) is 71.6 cm³/mol. The first-order valence-corrected chi connectivity index (χ1v) is 6.16. The lowest BCUT2D eigenvalue weighted by Gasteiger charge is -2.20. The number of benzene rings is 1. The number of halogens is 1. The molecule has 0 aliphatic carbocycles. The second kappa shape index (κ2) is 6.33. The molecule has 0 radical (unpaired) electrons. The van der Waals surface area contributed by atoms with Gasteiger partial charge in [-0.15, -0.1) is 0 Å². The maximum Gasteiger partial charge on any atom is 0.323 e. The average molecular weight is 329 g/mol. The number of rotatable bonds is 5. The van der Waals surface area contributed by atoms with Crippen LogP contribution >= 0.6 is 15.9 Å². The molecule has 0 aliphatic rings. The van der Waals surface area contributed by atoms with Gasteiger partial charge in [0, 0.05) is 10.0 Å². The van der Waals surface area contributed by atoms with Crippen LogP contribution in [0.15, 0.2) is 22.7 Å². The number of amides is 2. The van der Waals surface area contributed by atoms with Crippen LogP contribution in [0.4, 0.5) is 0 Å². The smallest absolute Gasteiger partial charge is 0.323 e. The van der Waals surface area contributed by atoms with Gasteiger partial charge in [-0.05, 0) is 30.7 Å². The molecule has 0 saturated heterocycles. The van der Waals surface area contributed by atoms with Crippen molar-refractivity contribution in [3.63, 3.8) is 0 Å². The highest BCUT2D eigenvalue weighted by Gasteiger charge is 2.21. The molecule has 0 saturated carbocycles. The Morgan fingerprint density at radius 1 is 1.32 bits per heavy atom. The van der Waals surface area contributed by atoms with Crippen LogP contribution in [0.1, 0.15) is 15.9 Å². The minimum Gasteiger partial charge on any atom is -0.480 e. The monoisotopic (exact) mass is 328 g/mol. The van der Waals surface area contributed by atoms with Crippen molar-refractivity contribution < 1.29 is 19.5 Å². The van der Waals surface area contributed by atoms with E-state index in [2.05, 4.69) is 15.9 Å². The fourth-order valence-electron chi connectivity index (χ4n) is 1.59. The first-order chi connectivity index (χ1) is 8.81. The Morgan fingerprint density at radius 3 is 2.42 bits per heavy atom. The first kappa shape index (κ1) is 15.2. The summed E-state index contributed by atoms with van der Waals surface area (Å²) in [6.45, 7) is 0.721. The summed E-state index contributed by atoms with van der Waals surface area (Å²) in [6, 6.07) is 4.97. The fraction of sp³-hybridized carbons (Fsp3) is 0.250. The SMILES string of the molecule is Cc1cc(Br)ccc1C(=O)N(CC(N)=O)CC(=O)O. The molecule has 0 aliphatic heterocycles. The summed E-state index contributed by atoms with van der Waals surface area (Å²) in [6.07, 6.45) is 0. The minimum atomic E-state index is -1.20. The van der Waals surface area contributed by atoms with Crippen molar-refractivity contribution in [2.45, 2.75) is 6.92 Å². The number of hydrogen-bond acceptors (Lipinski definition) is 3. The number of nitrogens with zero attached hydrogens (tertiary/aromatic N) is 1. The summed E-state index contributed by atoms with van der Waals surface area (Å²) >= 11 is 3.27. The van der Waals surface area contributed by atoms with Crippen molar-refractivity contribution in [2.75, 3.05) is 13.1 Å². The van der Waals surface area contributed by atoms with E-state index in [-0.39, 0.29) is 0 Å². The maximum atomic E-state index is 12.2. The van der Waals surface area contributed by atoms with E-state index in [1.54, 1.807) is 25.1 Å².